The molecule has 0 atom stereocenters. The lowest BCUT2D eigenvalue weighted by molar-refractivity contribution is 0.0967. The molecule has 2 aromatic carbocycles. The molecule has 1 fully saturated rings. The summed E-state index contributed by atoms with van der Waals surface area (Å²) in [7, 11) is -2.21. The van der Waals surface area contributed by atoms with Crippen molar-refractivity contribution in [2.24, 2.45) is 0 Å². The van der Waals surface area contributed by atoms with Gasteiger partial charge in [-0.15, -0.1) is 0 Å². The van der Waals surface area contributed by atoms with Crippen molar-refractivity contribution in [3.8, 4) is 5.75 Å². The highest BCUT2D eigenvalue weighted by Gasteiger charge is 2.26. The van der Waals surface area contributed by atoms with Crippen molar-refractivity contribution in [3.05, 3.63) is 58.6 Å². The molecule has 0 unspecified atom stereocenters. The number of hydrogen-bond acceptors (Lipinski definition) is 6. The maximum absolute atomic E-state index is 13.0. The predicted molar refractivity (Wildman–Crippen MR) is 115 cm³/mol. The second-order valence-corrected chi connectivity index (χ2v) is 9.46. The maximum atomic E-state index is 13.0. The lowest BCUT2D eigenvalue weighted by atomic mass is 10.1. The van der Waals surface area contributed by atoms with Crippen molar-refractivity contribution < 1.29 is 22.4 Å². The number of sulfonamides is 1. The molecule has 9 heteroatoms. The lowest BCUT2D eigenvalue weighted by Crippen LogP contribution is -2.31. The summed E-state index contributed by atoms with van der Waals surface area (Å²) in [4.78, 5) is 25.3. The standard InChI is InChI=1S/C22H24N2O6S/c1-29-20-9-5-4-8-17(20)19(25)15-24-18-11-10-16(14-21(18)30-22(24)26)31(27,28)23-12-6-2-3-7-13-23/h4-5,8-11,14H,2-3,6-7,12-13,15H2,1H3. The minimum Gasteiger partial charge on any atom is -0.496 e. The molecule has 4 rings (SSSR count). The number of carbonyl (C=O) groups is 1. The third-order valence-corrected chi connectivity index (χ3v) is 7.45. The maximum Gasteiger partial charge on any atom is 0.420 e. The van der Waals surface area contributed by atoms with Crippen LogP contribution in [0.2, 0.25) is 0 Å². The van der Waals surface area contributed by atoms with E-state index in [1.165, 1.54) is 34.2 Å². The third-order valence-electron chi connectivity index (χ3n) is 5.55. The van der Waals surface area contributed by atoms with E-state index >= 15 is 0 Å². The Morgan fingerprint density at radius 1 is 1.06 bits per heavy atom. The molecule has 8 nitrogen and oxygen atoms in total. The molecule has 0 saturated carbocycles. The van der Waals surface area contributed by atoms with Gasteiger partial charge in [-0.2, -0.15) is 4.31 Å². The average Bonchev–Trinajstić information content (AvgIpc) is 2.94. The Morgan fingerprint density at radius 3 is 2.48 bits per heavy atom. The number of oxazole rings is 1. The van der Waals surface area contributed by atoms with E-state index in [9.17, 15) is 18.0 Å². The number of hydrogen-bond donors (Lipinski definition) is 0. The topological polar surface area (TPSA) is 98.8 Å². The predicted octanol–water partition coefficient (Wildman–Crippen LogP) is 3.05. The number of Topliss-reactive ketones (excluding diaryl/α,β-unsaturated/α-hetero) is 1. The van der Waals surface area contributed by atoms with Gasteiger partial charge in [0, 0.05) is 19.2 Å². The van der Waals surface area contributed by atoms with Gasteiger partial charge in [-0.25, -0.2) is 13.2 Å². The summed E-state index contributed by atoms with van der Waals surface area (Å²) < 4.78 is 39.3. The Bertz CT molecular complexity index is 1270. The van der Waals surface area contributed by atoms with Gasteiger partial charge in [0.15, 0.2) is 11.4 Å². The van der Waals surface area contributed by atoms with Crippen LogP contribution in [0.25, 0.3) is 11.1 Å². The molecule has 1 aliphatic heterocycles. The van der Waals surface area contributed by atoms with Gasteiger partial charge in [-0.05, 0) is 37.1 Å². The van der Waals surface area contributed by atoms with Crippen molar-refractivity contribution in [2.45, 2.75) is 37.1 Å². The van der Waals surface area contributed by atoms with Gasteiger partial charge in [-0.1, -0.05) is 25.0 Å². The first-order valence-corrected chi connectivity index (χ1v) is 11.7. The van der Waals surface area contributed by atoms with Crippen LogP contribution >= 0.6 is 0 Å². The minimum atomic E-state index is -3.68. The van der Waals surface area contributed by atoms with Gasteiger partial charge < -0.3 is 9.15 Å². The fourth-order valence-corrected chi connectivity index (χ4v) is 5.42. The van der Waals surface area contributed by atoms with Gasteiger partial charge in [0.2, 0.25) is 10.0 Å². The van der Waals surface area contributed by atoms with E-state index in [2.05, 4.69) is 0 Å². The van der Waals surface area contributed by atoms with E-state index in [0.29, 0.717) is 29.9 Å². The number of fused-ring (bicyclic) bond motifs is 1. The molecule has 1 aromatic heterocycles. The Hall–Kier alpha value is -2.91. The Morgan fingerprint density at radius 2 is 1.77 bits per heavy atom. The van der Waals surface area contributed by atoms with Crippen LogP contribution in [0.3, 0.4) is 0 Å². The van der Waals surface area contributed by atoms with E-state index in [1.54, 1.807) is 24.3 Å². The summed E-state index contributed by atoms with van der Waals surface area (Å²) in [6, 6.07) is 11.1. The van der Waals surface area contributed by atoms with Crippen LogP contribution < -0.4 is 10.5 Å². The molecule has 1 saturated heterocycles. The van der Waals surface area contributed by atoms with E-state index in [-0.39, 0.29) is 22.8 Å². The Labute approximate surface area is 180 Å². The molecule has 31 heavy (non-hydrogen) atoms. The molecule has 164 valence electrons. The van der Waals surface area contributed by atoms with Crippen molar-refractivity contribution in [1.82, 2.24) is 8.87 Å². The van der Waals surface area contributed by atoms with Crippen LogP contribution in [0.5, 0.6) is 5.75 Å². The van der Waals surface area contributed by atoms with E-state index in [4.69, 9.17) is 9.15 Å². The fraction of sp³-hybridized carbons (Fsp3) is 0.364. The zero-order valence-electron chi connectivity index (χ0n) is 17.2. The van der Waals surface area contributed by atoms with Crippen molar-refractivity contribution in [3.63, 3.8) is 0 Å². The molecular weight excluding hydrogens is 420 g/mol. The first-order chi connectivity index (χ1) is 14.9. The SMILES string of the molecule is COc1ccccc1C(=O)Cn1c(=O)oc2cc(S(=O)(=O)N3CCCCCC3)ccc21. The van der Waals surface area contributed by atoms with E-state index in [1.807, 2.05) is 0 Å². The van der Waals surface area contributed by atoms with Crippen molar-refractivity contribution in [1.29, 1.82) is 0 Å². The lowest BCUT2D eigenvalue weighted by Gasteiger charge is -2.19. The zero-order valence-corrected chi connectivity index (χ0v) is 18.1. The number of nitrogens with zero attached hydrogens (tertiary/aromatic N) is 2. The molecule has 1 aliphatic rings. The van der Waals surface area contributed by atoms with Gasteiger partial charge in [0.05, 0.1) is 29.6 Å². The molecule has 2 heterocycles. The van der Waals surface area contributed by atoms with Gasteiger partial charge in [0.1, 0.15) is 5.75 Å². The first-order valence-electron chi connectivity index (χ1n) is 10.2. The van der Waals surface area contributed by atoms with Crippen LogP contribution in [0.1, 0.15) is 36.0 Å². The third kappa shape index (κ3) is 4.15. The largest absolute Gasteiger partial charge is 0.496 e. The van der Waals surface area contributed by atoms with Crippen LogP contribution in [-0.2, 0) is 16.6 Å². The van der Waals surface area contributed by atoms with Crippen molar-refractivity contribution >= 4 is 26.9 Å². The molecule has 0 spiro atoms. The van der Waals surface area contributed by atoms with Crippen LogP contribution in [0.15, 0.2) is 56.6 Å². The molecule has 0 aliphatic carbocycles. The van der Waals surface area contributed by atoms with Crippen molar-refractivity contribution in [2.75, 3.05) is 20.2 Å². The molecule has 0 radical (unpaired) electrons. The Balaban J connectivity index is 1.66. The Kier molecular flexibility index (Phi) is 5.97. The summed E-state index contributed by atoms with van der Waals surface area (Å²) in [6.45, 7) is 0.724. The highest BCUT2D eigenvalue weighted by molar-refractivity contribution is 7.89. The first kappa shape index (κ1) is 21.3. The molecule has 0 amide bonds. The summed E-state index contributed by atoms with van der Waals surface area (Å²) in [5.74, 6) is -0.620. The van der Waals surface area contributed by atoms with Crippen LogP contribution in [0.4, 0.5) is 0 Å². The number of carbonyl (C=O) groups excluding carboxylic acids is 1. The van der Waals surface area contributed by atoms with E-state index in [0.717, 1.165) is 25.7 Å². The normalized spacial score (nSPS) is 15.6. The highest BCUT2D eigenvalue weighted by Crippen LogP contribution is 2.25. The smallest absolute Gasteiger partial charge is 0.420 e. The minimum absolute atomic E-state index is 0.0823. The zero-order chi connectivity index (χ0) is 22.0. The number of rotatable bonds is 6. The monoisotopic (exact) mass is 444 g/mol. The van der Waals surface area contributed by atoms with Crippen LogP contribution in [-0.4, -0.2) is 43.3 Å². The molecule has 0 bridgehead atoms. The quantitative estimate of drug-likeness (QED) is 0.542. The second kappa shape index (κ2) is 8.68. The summed E-state index contributed by atoms with van der Waals surface area (Å²) in [6.07, 6.45) is 3.70. The number of aromatic nitrogens is 1. The summed E-state index contributed by atoms with van der Waals surface area (Å²) in [5.41, 5.74) is 0.850. The fourth-order valence-electron chi connectivity index (χ4n) is 3.89. The van der Waals surface area contributed by atoms with Gasteiger partial charge in [-0.3, -0.25) is 9.36 Å². The summed E-state index contributed by atoms with van der Waals surface area (Å²) in [5, 5.41) is 0. The number of benzene rings is 2. The van der Waals surface area contributed by atoms with Gasteiger partial charge in [0.25, 0.3) is 0 Å². The second-order valence-electron chi connectivity index (χ2n) is 7.53. The number of ketones is 1. The molecule has 3 aromatic rings. The molecule has 0 N–H and O–H groups in total. The summed E-state index contributed by atoms with van der Waals surface area (Å²) >= 11 is 0. The van der Waals surface area contributed by atoms with Crippen LogP contribution in [0, 0.1) is 0 Å². The van der Waals surface area contributed by atoms with Gasteiger partial charge >= 0.3 is 5.76 Å². The average molecular weight is 445 g/mol. The number of ether oxygens (including phenoxy) is 1. The number of methoxy groups -OCH3 is 1. The number of para-hydroxylation sites is 1. The highest BCUT2D eigenvalue weighted by atomic mass is 32.2. The molecular formula is C22H24N2O6S. The van der Waals surface area contributed by atoms with E-state index < -0.39 is 15.8 Å².